The molecule has 0 aromatic carbocycles. The van der Waals surface area contributed by atoms with Crippen LogP contribution in [0.5, 0.6) is 0 Å². The molecule has 0 aliphatic carbocycles. The number of nitrogens with one attached hydrogen (secondary N) is 1. The number of anilines is 1. The molecule has 18 heavy (non-hydrogen) atoms. The first kappa shape index (κ1) is 15.1. The molecule has 1 rings (SSSR count). The fourth-order valence-corrected chi connectivity index (χ4v) is 2.56. The number of nitrogens with zero attached hydrogens (tertiary/aromatic N) is 2. The topological polar surface area (TPSA) is 29.9 Å². The molecule has 1 aromatic rings. The highest BCUT2D eigenvalue weighted by atomic mass is 15.3. The van der Waals surface area contributed by atoms with E-state index in [9.17, 15) is 0 Å². The third kappa shape index (κ3) is 3.50. The van der Waals surface area contributed by atoms with Crippen LogP contribution in [0.4, 0.5) is 5.69 Å². The van der Waals surface area contributed by atoms with Gasteiger partial charge < -0.3 is 5.32 Å². The molecule has 0 saturated carbocycles. The molecule has 1 aromatic heterocycles. The summed E-state index contributed by atoms with van der Waals surface area (Å²) in [5, 5.41) is 8.35. The lowest BCUT2D eigenvalue weighted by atomic mass is 10.1. The molecule has 0 radical (unpaired) electrons. The van der Waals surface area contributed by atoms with Gasteiger partial charge in [0, 0.05) is 12.1 Å². The molecule has 0 bridgehead atoms. The van der Waals surface area contributed by atoms with E-state index < -0.39 is 0 Å². The van der Waals surface area contributed by atoms with Gasteiger partial charge in [0.05, 0.1) is 17.1 Å². The van der Waals surface area contributed by atoms with E-state index in [1.807, 2.05) is 0 Å². The molecule has 0 unspecified atom stereocenters. The maximum absolute atomic E-state index is 4.64. The summed E-state index contributed by atoms with van der Waals surface area (Å²) in [5.41, 5.74) is 3.63. The van der Waals surface area contributed by atoms with Crippen molar-refractivity contribution in [3.8, 4) is 0 Å². The van der Waals surface area contributed by atoms with E-state index in [4.69, 9.17) is 0 Å². The third-order valence-electron chi connectivity index (χ3n) is 3.44. The lowest BCUT2D eigenvalue weighted by Crippen LogP contribution is -2.19. The van der Waals surface area contributed by atoms with E-state index in [2.05, 4.69) is 56.6 Å². The van der Waals surface area contributed by atoms with Crippen LogP contribution < -0.4 is 5.32 Å². The van der Waals surface area contributed by atoms with Crippen LogP contribution in [-0.4, -0.2) is 15.8 Å². The van der Waals surface area contributed by atoms with E-state index in [1.165, 1.54) is 37.1 Å². The van der Waals surface area contributed by atoms with Crippen molar-refractivity contribution in [2.45, 2.75) is 79.3 Å². The maximum Gasteiger partial charge on any atom is 0.0828 e. The fourth-order valence-electron chi connectivity index (χ4n) is 2.56. The molecule has 3 heteroatoms. The Morgan fingerprint density at radius 2 is 1.67 bits per heavy atom. The number of aromatic nitrogens is 2. The Balaban J connectivity index is 2.88. The Hall–Kier alpha value is -0.990. The monoisotopic (exact) mass is 251 g/mol. The minimum absolute atomic E-state index is 0.426. The van der Waals surface area contributed by atoms with Crippen LogP contribution >= 0.6 is 0 Å². The van der Waals surface area contributed by atoms with Crippen LogP contribution in [0.3, 0.4) is 0 Å². The van der Waals surface area contributed by atoms with Crippen molar-refractivity contribution in [2.24, 2.45) is 0 Å². The molecule has 0 saturated heterocycles. The van der Waals surface area contributed by atoms with Gasteiger partial charge in [-0.05, 0) is 40.5 Å². The van der Waals surface area contributed by atoms with Gasteiger partial charge in [-0.2, -0.15) is 5.10 Å². The van der Waals surface area contributed by atoms with Crippen molar-refractivity contribution in [3.05, 3.63) is 11.4 Å². The summed E-state index contributed by atoms with van der Waals surface area (Å²) in [7, 11) is 0. The van der Waals surface area contributed by atoms with Crippen LogP contribution in [0.25, 0.3) is 0 Å². The van der Waals surface area contributed by atoms with Crippen LogP contribution in [0, 0.1) is 13.8 Å². The molecule has 0 atom stereocenters. The Morgan fingerprint density at radius 3 is 2.06 bits per heavy atom. The van der Waals surface area contributed by atoms with Crippen molar-refractivity contribution < 1.29 is 0 Å². The van der Waals surface area contributed by atoms with Crippen LogP contribution in [0.2, 0.25) is 0 Å². The molecule has 104 valence electrons. The molecular weight excluding hydrogens is 222 g/mol. The number of rotatable bonds is 7. The van der Waals surface area contributed by atoms with Gasteiger partial charge in [0.15, 0.2) is 0 Å². The first-order valence-electron chi connectivity index (χ1n) is 7.33. The number of hydrogen-bond donors (Lipinski definition) is 1. The first-order chi connectivity index (χ1) is 8.51. The summed E-state index contributed by atoms with van der Waals surface area (Å²) in [4.78, 5) is 0. The van der Waals surface area contributed by atoms with Gasteiger partial charge in [0.1, 0.15) is 0 Å². The van der Waals surface area contributed by atoms with Gasteiger partial charge in [-0.25, -0.2) is 0 Å². The average molecular weight is 251 g/mol. The minimum atomic E-state index is 0.426. The Morgan fingerprint density at radius 1 is 1.11 bits per heavy atom. The summed E-state index contributed by atoms with van der Waals surface area (Å²) >= 11 is 0. The summed E-state index contributed by atoms with van der Waals surface area (Å²) in [6, 6.07) is 1.01. The number of aryl methyl sites for hydroxylation is 1. The summed E-state index contributed by atoms with van der Waals surface area (Å²) < 4.78 is 2.12. The van der Waals surface area contributed by atoms with E-state index in [0.29, 0.717) is 12.1 Å². The summed E-state index contributed by atoms with van der Waals surface area (Å²) in [6.45, 7) is 13.1. The zero-order chi connectivity index (χ0) is 13.7. The van der Waals surface area contributed by atoms with E-state index in [0.717, 1.165) is 5.69 Å². The first-order valence-corrected chi connectivity index (χ1v) is 7.33. The van der Waals surface area contributed by atoms with Crippen molar-refractivity contribution in [1.82, 2.24) is 9.78 Å². The van der Waals surface area contributed by atoms with Gasteiger partial charge >= 0.3 is 0 Å². The molecule has 0 aliphatic rings. The SMILES string of the molecule is CCCC(CCC)Nc1c(C)nn(C(C)C)c1C. The van der Waals surface area contributed by atoms with Crippen LogP contribution in [-0.2, 0) is 0 Å². The van der Waals surface area contributed by atoms with Crippen LogP contribution in [0.1, 0.15) is 70.8 Å². The molecular formula is C15H29N3. The molecule has 0 aliphatic heterocycles. The van der Waals surface area contributed by atoms with Gasteiger partial charge in [-0.1, -0.05) is 26.7 Å². The smallest absolute Gasteiger partial charge is 0.0828 e. The zero-order valence-corrected chi connectivity index (χ0v) is 12.9. The quantitative estimate of drug-likeness (QED) is 0.775. The second-order valence-electron chi connectivity index (χ2n) is 5.50. The largest absolute Gasteiger partial charge is 0.379 e. The second-order valence-corrected chi connectivity index (χ2v) is 5.50. The van der Waals surface area contributed by atoms with Gasteiger partial charge in [0.2, 0.25) is 0 Å². The number of hydrogen-bond acceptors (Lipinski definition) is 2. The summed E-state index contributed by atoms with van der Waals surface area (Å²) in [5.74, 6) is 0. The molecule has 3 nitrogen and oxygen atoms in total. The highest BCUT2D eigenvalue weighted by Crippen LogP contribution is 2.24. The predicted octanol–water partition coefficient (Wildman–Crippen LogP) is 4.46. The molecule has 0 spiro atoms. The predicted molar refractivity (Wildman–Crippen MR) is 79.3 cm³/mol. The molecule has 0 fully saturated rings. The molecule has 0 amide bonds. The average Bonchev–Trinajstić information content (AvgIpc) is 2.57. The van der Waals surface area contributed by atoms with Crippen LogP contribution in [0.15, 0.2) is 0 Å². The van der Waals surface area contributed by atoms with E-state index in [-0.39, 0.29) is 0 Å². The maximum atomic E-state index is 4.64. The Bertz CT molecular complexity index is 360. The minimum Gasteiger partial charge on any atom is -0.379 e. The van der Waals surface area contributed by atoms with Crippen molar-refractivity contribution in [1.29, 1.82) is 0 Å². The van der Waals surface area contributed by atoms with Crippen molar-refractivity contribution >= 4 is 5.69 Å². The zero-order valence-electron chi connectivity index (χ0n) is 12.9. The standard InChI is InChI=1S/C15H29N3/c1-7-9-14(10-8-2)16-15-12(5)17-18(11(3)4)13(15)6/h11,14,16H,7-10H2,1-6H3. The highest BCUT2D eigenvalue weighted by Gasteiger charge is 2.16. The van der Waals surface area contributed by atoms with E-state index >= 15 is 0 Å². The second kappa shape index (κ2) is 6.81. The lowest BCUT2D eigenvalue weighted by molar-refractivity contribution is 0.516. The highest BCUT2D eigenvalue weighted by molar-refractivity contribution is 5.52. The van der Waals surface area contributed by atoms with E-state index in [1.54, 1.807) is 0 Å². The normalized spacial score (nSPS) is 11.6. The van der Waals surface area contributed by atoms with Gasteiger partial charge in [-0.15, -0.1) is 0 Å². The van der Waals surface area contributed by atoms with Gasteiger partial charge in [0.25, 0.3) is 0 Å². The van der Waals surface area contributed by atoms with Gasteiger partial charge in [-0.3, -0.25) is 4.68 Å². The fraction of sp³-hybridized carbons (Fsp3) is 0.800. The molecule has 1 N–H and O–H groups in total. The van der Waals surface area contributed by atoms with Crippen molar-refractivity contribution in [3.63, 3.8) is 0 Å². The molecule has 1 heterocycles. The van der Waals surface area contributed by atoms with Crippen molar-refractivity contribution in [2.75, 3.05) is 5.32 Å². The lowest BCUT2D eigenvalue weighted by Gasteiger charge is -2.19. The Kier molecular flexibility index (Phi) is 5.70. The third-order valence-corrected chi connectivity index (χ3v) is 3.44. The summed E-state index contributed by atoms with van der Waals surface area (Å²) in [6.07, 6.45) is 4.93. The Labute approximate surface area is 112 Å².